The molecular weight excluding hydrogens is 252 g/mol. The molecule has 0 aliphatic carbocycles. The summed E-state index contributed by atoms with van der Waals surface area (Å²) in [6.45, 7) is 6.63. The van der Waals surface area contributed by atoms with Crippen molar-refractivity contribution in [1.29, 1.82) is 0 Å². The first-order valence-electron chi connectivity index (χ1n) is 6.65. The summed E-state index contributed by atoms with van der Waals surface area (Å²) in [5, 5.41) is 0. The highest BCUT2D eigenvalue weighted by molar-refractivity contribution is 5.43. The lowest BCUT2D eigenvalue weighted by atomic mass is 10.1. The van der Waals surface area contributed by atoms with Gasteiger partial charge in [0.25, 0.3) is 5.56 Å². The summed E-state index contributed by atoms with van der Waals surface area (Å²) in [6.07, 6.45) is 0. The molecule has 2 rings (SSSR count). The van der Waals surface area contributed by atoms with Crippen molar-refractivity contribution in [2.45, 2.75) is 33.4 Å². The van der Waals surface area contributed by atoms with Gasteiger partial charge in [-0.15, -0.1) is 0 Å². The molecular formula is C15H20N4O. The maximum absolute atomic E-state index is 11.6. The second kappa shape index (κ2) is 5.77. The van der Waals surface area contributed by atoms with Gasteiger partial charge in [-0.2, -0.15) is 0 Å². The number of nitrogens with one attached hydrogen (secondary N) is 1. The van der Waals surface area contributed by atoms with Crippen molar-refractivity contribution < 1.29 is 0 Å². The molecule has 0 aliphatic heterocycles. The second-order valence-corrected chi connectivity index (χ2v) is 5.15. The molecule has 0 bridgehead atoms. The average molecular weight is 272 g/mol. The van der Waals surface area contributed by atoms with Crippen molar-refractivity contribution in [1.82, 2.24) is 9.97 Å². The molecule has 0 fully saturated rings. The number of benzene rings is 1. The van der Waals surface area contributed by atoms with Crippen molar-refractivity contribution in [3.05, 3.63) is 52.1 Å². The monoisotopic (exact) mass is 272 g/mol. The van der Waals surface area contributed by atoms with E-state index in [-0.39, 0.29) is 11.6 Å². The third-order valence-corrected chi connectivity index (χ3v) is 3.10. The van der Waals surface area contributed by atoms with Gasteiger partial charge in [0.05, 0.1) is 0 Å². The Bertz CT molecular complexity index is 631. The number of hydrogen-bond acceptors (Lipinski definition) is 4. The number of nitrogens with two attached hydrogens (primary N) is 1. The van der Waals surface area contributed by atoms with E-state index in [4.69, 9.17) is 5.73 Å². The Kier molecular flexibility index (Phi) is 4.08. The van der Waals surface area contributed by atoms with E-state index in [0.717, 1.165) is 11.3 Å². The fourth-order valence-electron chi connectivity index (χ4n) is 2.06. The molecule has 0 saturated heterocycles. The predicted molar refractivity (Wildman–Crippen MR) is 81.8 cm³/mol. The van der Waals surface area contributed by atoms with E-state index in [1.165, 1.54) is 6.07 Å². The Labute approximate surface area is 118 Å². The van der Waals surface area contributed by atoms with Crippen LogP contribution in [0.25, 0.3) is 0 Å². The van der Waals surface area contributed by atoms with Crippen LogP contribution in [-0.2, 0) is 6.54 Å². The van der Waals surface area contributed by atoms with Gasteiger partial charge in [-0.25, -0.2) is 4.98 Å². The molecule has 0 amide bonds. The van der Waals surface area contributed by atoms with E-state index >= 15 is 0 Å². The van der Waals surface area contributed by atoms with Crippen LogP contribution in [0.2, 0.25) is 0 Å². The Morgan fingerprint density at radius 2 is 1.95 bits per heavy atom. The number of H-pyrrole nitrogens is 1. The minimum atomic E-state index is -0.129. The molecule has 0 radical (unpaired) electrons. The molecule has 0 atom stereocenters. The number of aryl methyl sites for hydroxylation is 1. The lowest BCUT2D eigenvalue weighted by Gasteiger charge is -2.28. The Morgan fingerprint density at radius 3 is 2.50 bits per heavy atom. The van der Waals surface area contributed by atoms with Gasteiger partial charge in [0.1, 0.15) is 11.6 Å². The average Bonchev–Trinajstić information content (AvgIpc) is 2.36. The first kappa shape index (κ1) is 14.1. The number of nitrogens with zero attached hydrogens (tertiary/aromatic N) is 2. The summed E-state index contributed by atoms with van der Waals surface area (Å²) in [5.41, 5.74) is 7.44. The van der Waals surface area contributed by atoms with Crippen LogP contribution in [0.5, 0.6) is 0 Å². The molecule has 1 aromatic carbocycles. The topological polar surface area (TPSA) is 75.0 Å². The SMILES string of the molecule is Cc1nc(N(Cc2ccc(N)cc2)C(C)C)cc(=O)[nH]1. The van der Waals surface area contributed by atoms with Gasteiger partial charge in [-0.3, -0.25) is 4.79 Å². The molecule has 0 aliphatic rings. The molecule has 20 heavy (non-hydrogen) atoms. The normalized spacial score (nSPS) is 10.8. The van der Waals surface area contributed by atoms with E-state index < -0.39 is 0 Å². The lowest BCUT2D eigenvalue weighted by molar-refractivity contribution is 0.668. The van der Waals surface area contributed by atoms with Gasteiger partial charge < -0.3 is 15.6 Å². The first-order valence-corrected chi connectivity index (χ1v) is 6.65. The molecule has 1 aromatic heterocycles. The van der Waals surface area contributed by atoms with Crippen LogP contribution in [-0.4, -0.2) is 16.0 Å². The van der Waals surface area contributed by atoms with Crippen LogP contribution in [0.3, 0.4) is 0 Å². The van der Waals surface area contributed by atoms with Crippen LogP contribution in [0.1, 0.15) is 25.2 Å². The fourth-order valence-corrected chi connectivity index (χ4v) is 2.06. The van der Waals surface area contributed by atoms with Crippen LogP contribution in [0, 0.1) is 6.92 Å². The zero-order valence-electron chi connectivity index (χ0n) is 12.1. The van der Waals surface area contributed by atoms with E-state index in [9.17, 15) is 4.79 Å². The summed E-state index contributed by atoms with van der Waals surface area (Å²) in [7, 11) is 0. The van der Waals surface area contributed by atoms with Crippen molar-refractivity contribution >= 4 is 11.5 Å². The van der Waals surface area contributed by atoms with Crippen LogP contribution in [0.15, 0.2) is 35.1 Å². The summed E-state index contributed by atoms with van der Waals surface area (Å²) < 4.78 is 0. The molecule has 2 aromatic rings. The summed E-state index contributed by atoms with van der Waals surface area (Å²) >= 11 is 0. The van der Waals surface area contributed by atoms with Crippen LogP contribution in [0.4, 0.5) is 11.5 Å². The Balaban J connectivity index is 2.31. The highest BCUT2D eigenvalue weighted by atomic mass is 16.1. The number of aromatic nitrogens is 2. The van der Waals surface area contributed by atoms with Gasteiger partial charge in [0.15, 0.2) is 0 Å². The largest absolute Gasteiger partial charge is 0.399 e. The molecule has 0 saturated carbocycles. The molecule has 5 heteroatoms. The maximum Gasteiger partial charge on any atom is 0.252 e. The zero-order valence-corrected chi connectivity index (χ0v) is 12.1. The Morgan fingerprint density at radius 1 is 1.30 bits per heavy atom. The second-order valence-electron chi connectivity index (χ2n) is 5.15. The van der Waals surface area contributed by atoms with Crippen LogP contribution < -0.4 is 16.2 Å². The van der Waals surface area contributed by atoms with E-state index in [2.05, 4.69) is 28.7 Å². The predicted octanol–water partition coefficient (Wildman–Crippen LogP) is 2.08. The fraction of sp³-hybridized carbons (Fsp3) is 0.333. The zero-order chi connectivity index (χ0) is 14.7. The van der Waals surface area contributed by atoms with E-state index in [1.54, 1.807) is 6.92 Å². The summed E-state index contributed by atoms with van der Waals surface area (Å²) in [6, 6.07) is 9.51. The van der Waals surface area contributed by atoms with Gasteiger partial charge in [-0.1, -0.05) is 12.1 Å². The highest BCUT2D eigenvalue weighted by Gasteiger charge is 2.13. The molecule has 5 nitrogen and oxygen atoms in total. The quantitative estimate of drug-likeness (QED) is 0.836. The standard InChI is InChI=1S/C15H20N4O/c1-10(2)19(9-12-4-6-13(16)7-5-12)14-8-15(20)18-11(3)17-14/h4-8,10H,9,16H2,1-3H3,(H,17,18,20). The summed E-state index contributed by atoms with van der Waals surface area (Å²) in [4.78, 5) is 20.8. The van der Waals surface area contributed by atoms with Crippen molar-refractivity contribution in [3.8, 4) is 0 Å². The number of rotatable bonds is 4. The third kappa shape index (κ3) is 3.38. The van der Waals surface area contributed by atoms with Crippen LogP contribution >= 0.6 is 0 Å². The number of aromatic amines is 1. The first-order chi connectivity index (χ1) is 9.45. The maximum atomic E-state index is 11.6. The van der Waals surface area contributed by atoms with Gasteiger partial charge in [-0.05, 0) is 38.5 Å². The minimum Gasteiger partial charge on any atom is -0.399 e. The van der Waals surface area contributed by atoms with Crippen molar-refractivity contribution in [2.75, 3.05) is 10.6 Å². The van der Waals surface area contributed by atoms with Crippen molar-refractivity contribution in [2.24, 2.45) is 0 Å². The molecule has 0 spiro atoms. The molecule has 1 heterocycles. The smallest absolute Gasteiger partial charge is 0.252 e. The number of nitrogen functional groups attached to an aromatic ring is 1. The lowest BCUT2D eigenvalue weighted by Crippen LogP contribution is -2.32. The van der Waals surface area contributed by atoms with E-state index in [1.807, 2.05) is 24.3 Å². The molecule has 3 N–H and O–H groups in total. The number of anilines is 2. The van der Waals surface area contributed by atoms with Gasteiger partial charge >= 0.3 is 0 Å². The van der Waals surface area contributed by atoms with Gasteiger partial charge in [0.2, 0.25) is 0 Å². The highest BCUT2D eigenvalue weighted by Crippen LogP contribution is 2.17. The Hall–Kier alpha value is -2.30. The van der Waals surface area contributed by atoms with E-state index in [0.29, 0.717) is 18.2 Å². The van der Waals surface area contributed by atoms with Gasteiger partial charge in [0, 0.05) is 24.3 Å². The third-order valence-electron chi connectivity index (χ3n) is 3.10. The minimum absolute atomic E-state index is 0.129. The van der Waals surface area contributed by atoms with Crippen molar-refractivity contribution in [3.63, 3.8) is 0 Å². The summed E-state index contributed by atoms with van der Waals surface area (Å²) in [5.74, 6) is 1.31. The number of hydrogen-bond donors (Lipinski definition) is 2. The molecule has 0 unspecified atom stereocenters. The molecule has 106 valence electrons.